The van der Waals surface area contributed by atoms with Crippen molar-refractivity contribution in [2.45, 2.75) is 12.5 Å². The first kappa shape index (κ1) is 10.7. The Bertz CT molecular complexity index is 344. The van der Waals surface area contributed by atoms with Crippen LogP contribution in [0.15, 0.2) is 24.3 Å². The van der Waals surface area contributed by atoms with Crippen LogP contribution in [-0.4, -0.2) is 27.9 Å². The van der Waals surface area contributed by atoms with Crippen molar-refractivity contribution in [2.75, 3.05) is 6.61 Å². The quantitative estimate of drug-likeness (QED) is 0.661. The number of hydrogen-bond acceptors (Lipinski definition) is 3. The van der Waals surface area contributed by atoms with Gasteiger partial charge in [-0.3, -0.25) is 0 Å². The summed E-state index contributed by atoms with van der Waals surface area (Å²) >= 11 is 0. The van der Waals surface area contributed by atoms with Gasteiger partial charge in [-0.05, 0) is 13.0 Å². The number of benzene rings is 1. The average Bonchev–Trinajstić information content (AvgIpc) is 2.18. The summed E-state index contributed by atoms with van der Waals surface area (Å²) in [4.78, 5) is 10.8. The fourth-order valence-electron chi connectivity index (χ4n) is 1.22. The van der Waals surface area contributed by atoms with E-state index in [2.05, 4.69) is 0 Å². The number of aliphatic hydroxyl groups excluding tert-OH is 1. The Hall–Kier alpha value is -1.39. The van der Waals surface area contributed by atoms with E-state index in [0.717, 1.165) is 0 Å². The molecule has 0 fully saturated rings. The Morgan fingerprint density at radius 2 is 2.00 bits per heavy atom. The van der Waals surface area contributed by atoms with Crippen LogP contribution in [-0.2, 0) is 5.60 Å². The zero-order valence-electron chi connectivity index (χ0n) is 7.77. The van der Waals surface area contributed by atoms with E-state index in [1.54, 1.807) is 12.1 Å². The molecule has 0 aliphatic heterocycles. The zero-order chi connectivity index (χ0) is 10.8. The molecular formula is C10H12O4. The van der Waals surface area contributed by atoms with Gasteiger partial charge in [0.05, 0.1) is 12.2 Å². The van der Waals surface area contributed by atoms with Crippen molar-refractivity contribution in [3.8, 4) is 0 Å². The highest BCUT2D eigenvalue weighted by Gasteiger charge is 2.26. The van der Waals surface area contributed by atoms with Gasteiger partial charge >= 0.3 is 5.97 Å². The molecule has 0 saturated heterocycles. The van der Waals surface area contributed by atoms with Crippen LogP contribution in [0.5, 0.6) is 0 Å². The third-order valence-electron chi connectivity index (χ3n) is 2.05. The highest BCUT2D eigenvalue weighted by atomic mass is 16.4. The summed E-state index contributed by atoms with van der Waals surface area (Å²) in [5, 5.41) is 27.5. The molecule has 0 aliphatic rings. The highest BCUT2D eigenvalue weighted by Crippen LogP contribution is 2.23. The van der Waals surface area contributed by atoms with E-state index in [-0.39, 0.29) is 11.1 Å². The fourth-order valence-corrected chi connectivity index (χ4v) is 1.22. The van der Waals surface area contributed by atoms with Gasteiger partial charge in [0.2, 0.25) is 0 Å². The monoisotopic (exact) mass is 196 g/mol. The summed E-state index contributed by atoms with van der Waals surface area (Å²) in [6.45, 7) is 0.853. The third kappa shape index (κ3) is 1.92. The normalized spacial score (nSPS) is 14.8. The van der Waals surface area contributed by atoms with Gasteiger partial charge in [-0.1, -0.05) is 18.2 Å². The van der Waals surface area contributed by atoms with Gasteiger partial charge in [-0.25, -0.2) is 4.79 Å². The lowest BCUT2D eigenvalue weighted by atomic mass is 9.92. The van der Waals surface area contributed by atoms with Crippen LogP contribution in [0.1, 0.15) is 22.8 Å². The molecule has 1 unspecified atom stereocenters. The molecule has 1 aromatic carbocycles. The van der Waals surface area contributed by atoms with Crippen molar-refractivity contribution in [1.29, 1.82) is 0 Å². The van der Waals surface area contributed by atoms with Gasteiger partial charge in [0.1, 0.15) is 5.60 Å². The summed E-state index contributed by atoms with van der Waals surface area (Å²) in [5.41, 5.74) is -1.30. The van der Waals surface area contributed by atoms with E-state index in [1.165, 1.54) is 19.1 Å². The number of carboxylic acid groups (broad SMARTS) is 1. The summed E-state index contributed by atoms with van der Waals surface area (Å²) in [6.07, 6.45) is 0. The summed E-state index contributed by atoms with van der Waals surface area (Å²) in [5.74, 6) is -1.12. The van der Waals surface area contributed by atoms with E-state index in [9.17, 15) is 9.90 Å². The summed E-state index contributed by atoms with van der Waals surface area (Å²) < 4.78 is 0. The molecule has 76 valence electrons. The SMILES string of the molecule is CC(O)(CO)c1ccccc1C(=O)O. The predicted molar refractivity (Wildman–Crippen MR) is 50.1 cm³/mol. The number of aromatic carboxylic acids is 1. The van der Waals surface area contributed by atoms with Crippen molar-refractivity contribution < 1.29 is 20.1 Å². The van der Waals surface area contributed by atoms with Gasteiger partial charge in [-0.2, -0.15) is 0 Å². The molecule has 0 saturated carbocycles. The largest absolute Gasteiger partial charge is 0.478 e. The van der Waals surface area contributed by atoms with Gasteiger partial charge in [0, 0.05) is 5.56 Å². The van der Waals surface area contributed by atoms with Gasteiger partial charge < -0.3 is 15.3 Å². The van der Waals surface area contributed by atoms with Crippen LogP contribution in [0, 0.1) is 0 Å². The zero-order valence-corrected chi connectivity index (χ0v) is 7.77. The summed E-state index contributed by atoms with van der Waals surface area (Å²) in [7, 11) is 0. The number of hydrogen-bond donors (Lipinski definition) is 3. The molecule has 0 radical (unpaired) electrons. The van der Waals surface area contributed by atoms with Gasteiger partial charge in [0.15, 0.2) is 0 Å². The van der Waals surface area contributed by atoms with Crippen molar-refractivity contribution in [3.05, 3.63) is 35.4 Å². The Labute approximate surface area is 81.4 Å². The Morgan fingerprint density at radius 1 is 1.43 bits per heavy atom. The standard InChI is InChI=1S/C10H12O4/c1-10(14,6-11)8-5-3-2-4-7(8)9(12)13/h2-5,11,14H,6H2,1H3,(H,12,13). The maximum atomic E-state index is 10.8. The topological polar surface area (TPSA) is 77.8 Å². The van der Waals surface area contributed by atoms with Crippen LogP contribution in [0.4, 0.5) is 0 Å². The van der Waals surface area contributed by atoms with E-state index in [1.807, 2.05) is 0 Å². The third-order valence-corrected chi connectivity index (χ3v) is 2.05. The highest BCUT2D eigenvalue weighted by molar-refractivity contribution is 5.89. The molecule has 0 aromatic heterocycles. The molecule has 1 atom stereocenters. The molecule has 0 aliphatic carbocycles. The molecule has 4 heteroatoms. The lowest BCUT2D eigenvalue weighted by Crippen LogP contribution is -2.28. The first-order valence-electron chi connectivity index (χ1n) is 4.15. The van der Waals surface area contributed by atoms with E-state index in [0.29, 0.717) is 0 Å². The van der Waals surface area contributed by atoms with Crippen molar-refractivity contribution in [2.24, 2.45) is 0 Å². The molecule has 0 bridgehead atoms. The van der Waals surface area contributed by atoms with Crippen molar-refractivity contribution in [1.82, 2.24) is 0 Å². The molecule has 3 N–H and O–H groups in total. The minimum absolute atomic E-state index is 0.00606. The number of carboxylic acids is 1. The lowest BCUT2D eigenvalue weighted by Gasteiger charge is -2.22. The molecular weight excluding hydrogens is 184 g/mol. The summed E-state index contributed by atoms with van der Waals surface area (Å²) in [6, 6.07) is 6.06. The molecule has 0 heterocycles. The molecule has 0 amide bonds. The maximum absolute atomic E-state index is 10.8. The maximum Gasteiger partial charge on any atom is 0.336 e. The van der Waals surface area contributed by atoms with Crippen LogP contribution in [0.3, 0.4) is 0 Å². The lowest BCUT2D eigenvalue weighted by molar-refractivity contribution is -0.00341. The molecule has 0 spiro atoms. The molecule has 14 heavy (non-hydrogen) atoms. The molecule has 1 aromatic rings. The Balaban J connectivity index is 3.27. The smallest absolute Gasteiger partial charge is 0.336 e. The first-order valence-corrected chi connectivity index (χ1v) is 4.15. The fraction of sp³-hybridized carbons (Fsp3) is 0.300. The van der Waals surface area contributed by atoms with Crippen LogP contribution < -0.4 is 0 Å². The van der Waals surface area contributed by atoms with Gasteiger partial charge in [0.25, 0.3) is 0 Å². The Morgan fingerprint density at radius 3 is 2.50 bits per heavy atom. The van der Waals surface area contributed by atoms with Crippen molar-refractivity contribution in [3.63, 3.8) is 0 Å². The minimum atomic E-state index is -1.52. The van der Waals surface area contributed by atoms with Crippen LogP contribution in [0.25, 0.3) is 0 Å². The molecule has 1 rings (SSSR count). The van der Waals surface area contributed by atoms with Crippen LogP contribution in [0.2, 0.25) is 0 Å². The van der Waals surface area contributed by atoms with Gasteiger partial charge in [-0.15, -0.1) is 0 Å². The predicted octanol–water partition coefficient (Wildman–Crippen LogP) is 0.585. The first-order chi connectivity index (χ1) is 6.49. The number of carbonyl (C=O) groups is 1. The molecule has 4 nitrogen and oxygen atoms in total. The van der Waals surface area contributed by atoms with E-state index < -0.39 is 18.2 Å². The Kier molecular flexibility index (Phi) is 2.88. The van der Waals surface area contributed by atoms with Crippen LogP contribution >= 0.6 is 0 Å². The van der Waals surface area contributed by atoms with Crippen molar-refractivity contribution >= 4 is 5.97 Å². The second kappa shape index (κ2) is 3.77. The average molecular weight is 196 g/mol. The minimum Gasteiger partial charge on any atom is -0.478 e. The number of aliphatic hydroxyl groups is 2. The van der Waals surface area contributed by atoms with E-state index in [4.69, 9.17) is 10.2 Å². The second-order valence-electron chi connectivity index (χ2n) is 3.28. The number of rotatable bonds is 3. The van der Waals surface area contributed by atoms with E-state index >= 15 is 0 Å². The second-order valence-corrected chi connectivity index (χ2v) is 3.28.